The van der Waals surface area contributed by atoms with Crippen molar-refractivity contribution < 1.29 is 13.2 Å². The Morgan fingerprint density at radius 1 is 1.45 bits per heavy atom. The molecule has 1 amide bonds. The van der Waals surface area contributed by atoms with Gasteiger partial charge in [0.05, 0.1) is 5.92 Å². The number of rotatable bonds is 5. The maximum Gasteiger partial charge on any atom is 0.281 e. The first-order valence-corrected chi connectivity index (χ1v) is 10.1. The predicted octanol–water partition coefficient (Wildman–Crippen LogP) is 0.717. The molecule has 0 aliphatic carbocycles. The number of amides is 1. The summed E-state index contributed by atoms with van der Waals surface area (Å²) in [7, 11) is -0.501. The maximum atomic E-state index is 12.3. The average Bonchev–Trinajstić information content (AvgIpc) is 2.94. The molecule has 22 heavy (non-hydrogen) atoms. The number of piperidine rings is 1. The third-order valence-electron chi connectivity index (χ3n) is 3.35. The van der Waals surface area contributed by atoms with Crippen molar-refractivity contribution in [2.75, 3.05) is 38.8 Å². The number of aromatic nitrogens is 2. The van der Waals surface area contributed by atoms with Gasteiger partial charge in [0.1, 0.15) is 0 Å². The summed E-state index contributed by atoms with van der Waals surface area (Å²) in [5, 5.41) is 11.0. The van der Waals surface area contributed by atoms with Gasteiger partial charge in [0, 0.05) is 27.2 Å². The van der Waals surface area contributed by atoms with E-state index in [0.717, 1.165) is 4.34 Å². The molecular formula is C11H19N5O3S3. The first-order chi connectivity index (χ1) is 10.3. The Bertz CT molecular complexity index is 631. The van der Waals surface area contributed by atoms with Crippen molar-refractivity contribution >= 4 is 44.3 Å². The number of nitrogens with zero attached hydrogens (tertiary/aromatic N) is 4. The zero-order valence-electron chi connectivity index (χ0n) is 12.6. The van der Waals surface area contributed by atoms with E-state index in [4.69, 9.17) is 0 Å². The second-order valence-corrected chi connectivity index (χ2v) is 9.23. The van der Waals surface area contributed by atoms with E-state index >= 15 is 0 Å². The van der Waals surface area contributed by atoms with E-state index in [9.17, 15) is 13.2 Å². The number of hydrogen-bond donors (Lipinski definition) is 1. The smallest absolute Gasteiger partial charge is 0.281 e. The Hall–Kier alpha value is -0.750. The lowest BCUT2D eigenvalue weighted by molar-refractivity contribution is -0.120. The minimum atomic E-state index is -3.48. The summed E-state index contributed by atoms with van der Waals surface area (Å²) in [6.07, 6.45) is 3.22. The monoisotopic (exact) mass is 365 g/mol. The summed E-state index contributed by atoms with van der Waals surface area (Å²) in [6, 6.07) is 0. The average molecular weight is 366 g/mol. The van der Waals surface area contributed by atoms with Crippen molar-refractivity contribution in [3.8, 4) is 0 Å². The summed E-state index contributed by atoms with van der Waals surface area (Å²) in [5.74, 6) is -0.576. The first-order valence-electron chi connectivity index (χ1n) is 6.70. The highest BCUT2D eigenvalue weighted by Crippen LogP contribution is 2.25. The Morgan fingerprint density at radius 2 is 2.18 bits per heavy atom. The van der Waals surface area contributed by atoms with Crippen molar-refractivity contribution in [3.05, 3.63) is 0 Å². The van der Waals surface area contributed by atoms with Crippen molar-refractivity contribution in [2.45, 2.75) is 17.2 Å². The Labute approximate surface area is 138 Å². The van der Waals surface area contributed by atoms with E-state index in [0.29, 0.717) is 24.5 Å². The molecule has 0 bridgehead atoms. The standard InChI is InChI=1S/C11H19N5O3S3/c1-15(2)22(18,19)16-6-4-5-8(7-16)9(17)12-10-13-14-11(20-3)21-10/h8H,4-7H2,1-3H3,(H,12,13,17)/t8-/m1/s1. The quantitative estimate of drug-likeness (QED) is 0.610. The summed E-state index contributed by atoms with van der Waals surface area (Å²) in [5.41, 5.74) is 0. The SMILES string of the molecule is CSc1nnc(NC(=O)[C@@H]2CCCN(S(=O)(=O)N(C)C)C2)s1. The Balaban J connectivity index is 2.01. The van der Waals surface area contributed by atoms with Crippen molar-refractivity contribution in [1.29, 1.82) is 0 Å². The number of anilines is 1. The van der Waals surface area contributed by atoms with Crippen LogP contribution in [0.3, 0.4) is 0 Å². The molecule has 8 nitrogen and oxygen atoms in total. The van der Waals surface area contributed by atoms with E-state index < -0.39 is 10.2 Å². The predicted molar refractivity (Wildman–Crippen MR) is 87.2 cm³/mol. The lowest BCUT2D eigenvalue weighted by atomic mass is 9.99. The van der Waals surface area contributed by atoms with Gasteiger partial charge in [-0.05, 0) is 19.1 Å². The van der Waals surface area contributed by atoms with Gasteiger partial charge in [0.25, 0.3) is 10.2 Å². The Kier molecular flexibility index (Phi) is 5.77. The van der Waals surface area contributed by atoms with Crippen LogP contribution in [0.5, 0.6) is 0 Å². The second-order valence-electron chi connectivity index (χ2n) is 5.05. The van der Waals surface area contributed by atoms with Gasteiger partial charge >= 0.3 is 0 Å². The van der Waals surface area contributed by atoms with Crippen molar-refractivity contribution in [1.82, 2.24) is 18.8 Å². The van der Waals surface area contributed by atoms with Crippen LogP contribution in [0, 0.1) is 5.92 Å². The van der Waals surface area contributed by atoms with E-state index in [1.54, 1.807) is 0 Å². The Morgan fingerprint density at radius 3 is 2.77 bits per heavy atom. The fourth-order valence-electron chi connectivity index (χ4n) is 2.15. The molecule has 11 heteroatoms. The molecule has 1 aromatic rings. The number of carbonyl (C=O) groups excluding carboxylic acids is 1. The third kappa shape index (κ3) is 3.96. The molecule has 0 saturated carbocycles. The van der Waals surface area contributed by atoms with Crippen molar-refractivity contribution in [2.24, 2.45) is 5.92 Å². The van der Waals surface area contributed by atoms with Crippen LogP contribution in [0.15, 0.2) is 4.34 Å². The van der Waals surface area contributed by atoms with Crippen LogP contribution >= 0.6 is 23.1 Å². The summed E-state index contributed by atoms with van der Waals surface area (Å²) >= 11 is 2.76. The molecule has 0 radical (unpaired) electrons. The highest BCUT2D eigenvalue weighted by molar-refractivity contribution is 8.00. The van der Waals surface area contributed by atoms with Crippen LogP contribution in [-0.4, -0.2) is 66.6 Å². The maximum absolute atomic E-state index is 12.3. The second kappa shape index (κ2) is 7.21. The van der Waals surface area contributed by atoms with E-state index in [2.05, 4.69) is 15.5 Å². The highest BCUT2D eigenvalue weighted by atomic mass is 32.2. The molecule has 1 N–H and O–H groups in total. The zero-order valence-corrected chi connectivity index (χ0v) is 15.1. The van der Waals surface area contributed by atoms with E-state index in [1.165, 1.54) is 45.8 Å². The van der Waals surface area contributed by atoms with Gasteiger partial charge in [-0.2, -0.15) is 17.0 Å². The van der Waals surface area contributed by atoms with E-state index in [-0.39, 0.29) is 18.4 Å². The molecule has 2 heterocycles. The fraction of sp³-hybridized carbons (Fsp3) is 0.727. The fourth-order valence-corrected chi connectivity index (χ4v) is 4.51. The van der Waals surface area contributed by atoms with Crippen LogP contribution in [0.25, 0.3) is 0 Å². The molecule has 1 aliphatic heterocycles. The minimum Gasteiger partial charge on any atom is -0.300 e. The number of carbonyl (C=O) groups is 1. The molecule has 124 valence electrons. The van der Waals surface area contributed by atoms with Gasteiger partial charge in [-0.1, -0.05) is 23.1 Å². The van der Waals surface area contributed by atoms with Gasteiger partial charge in [-0.15, -0.1) is 10.2 Å². The molecule has 1 saturated heterocycles. The van der Waals surface area contributed by atoms with Gasteiger partial charge in [0.2, 0.25) is 11.0 Å². The topological polar surface area (TPSA) is 95.5 Å². The van der Waals surface area contributed by atoms with Crippen LogP contribution in [-0.2, 0) is 15.0 Å². The molecule has 0 aromatic carbocycles. The molecular weight excluding hydrogens is 346 g/mol. The first kappa shape index (κ1) is 17.6. The summed E-state index contributed by atoms with van der Waals surface area (Å²) in [6.45, 7) is 0.639. The zero-order chi connectivity index (χ0) is 16.3. The van der Waals surface area contributed by atoms with Crippen LogP contribution < -0.4 is 5.32 Å². The molecule has 0 spiro atoms. The van der Waals surface area contributed by atoms with E-state index in [1.807, 2.05) is 6.26 Å². The lowest BCUT2D eigenvalue weighted by Crippen LogP contribution is -2.47. The number of nitrogens with one attached hydrogen (secondary N) is 1. The third-order valence-corrected chi connectivity index (χ3v) is 7.08. The molecule has 1 fully saturated rings. The lowest BCUT2D eigenvalue weighted by Gasteiger charge is -2.32. The largest absolute Gasteiger partial charge is 0.300 e. The van der Waals surface area contributed by atoms with Crippen molar-refractivity contribution in [3.63, 3.8) is 0 Å². The van der Waals surface area contributed by atoms with Crippen LogP contribution in [0.4, 0.5) is 5.13 Å². The van der Waals surface area contributed by atoms with Crippen LogP contribution in [0.1, 0.15) is 12.8 Å². The summed E-state index contributed by atoms with van der Waals surface area (Å²) in [4.78, 5) is 12.3. The summed E-state index contributed by atoms with van der Waals surface area (Å²) < 4.78 is 27.6. The molecule has 1 aromatic heterocycles. The molecule has 1 atom stereocenters. The van der Waals surface area contributed by atoms with Gasteiger partial charge in [0.15, 0.2) is 4.34 Å². The van der Waals surface area contributed by atoms with Gasteiger partial charge in [-0.25, -0.2) is 0 Å². The van der Waals surface area contributed by atoms with Gasteiger partial charge < -0.3 is 5.32 Å². The molecule has 2 rings (SSSR count). The number of thioether (sulfide) groups is 1. The normalized spacial score (nSPS) is 20.3. The van der Waals surface area contributed by atoms with Gasteiger partial charge in [-0.3, -0.25) is 4.79 Å². The minimum absolute atomic E-state index is 0.195. The number of hydrogen-bond acceptors (Lipinski definition) is 7. The molecule has 1 aliphatic rings. The molecule has 0 unspecified atom stereocenters. The van der Waals surface area contributed by atoms with Crippen LogP contribution in [0.2, 0.25) is 0 Å². The highest BCUT2D eigenvalue weighted by Gasteiger charge is 2.33.